The second kappa shape index (κ2) is 2.84. The van der Waals surface area contributed by atoms with Crippen molar-refractivity contribution in [1.82, 2.24) is 5.59 Å². The summed E-state index contributed by atoms with van der Waals surface area (Å²) < 4.78 is 0. The van der Waals surface area contributed by atoms with Crippen LogP contribution in [0.25, 0.3) is 0 Å². The van der Waals surface area contributed by atoms with E-state index in [4.69, 9.17) is 5.26 Å². The Bertz CT molecular complexity index is 6.00. The van der Waals surface area contributed by atoms with Crippen LogP contribution in [-0.4, -0.2) is 5.26 Å². The number of hydrogen-bond acceptors (Lipinski definition) is 4. The topological polar surface area (TPSA) is 67.5 Å². The van der Waals surface area contributed by atoms with Crippen LogP contribution < -0.4 is 11.4 Å². The first-order chi connectivity index (χ1) is 1.91. The lowest BCUT2D eigenvalue weighted by Crippen LogP contribution is -2.19. The van der Waals surface area contributed by atoms with Gasteiger partial charge in [-0.3, -0.25) is 0 Å². The summed E-state index contributed by atoms with van der Waals surface area (Å²) in [6.07, 6.45) is 0. The molecule has 0 spiro atoms. The van der Waals surface area contributed by atoms with Gasteiger partial charge in [0.05, 0.1) is 0 Å². The summed E-state index contributed by atoms with van der Waals surface area (Å²) in [7, 11) is 0. The highest BCUT2D eigenvalue weighted by Crippen LogP contribution is 1.25. The molecule has 0 aliphatic rings. The third kappa shape index (κ3) is 1.84. The van der Waals surface area contributed by atoms with Gasteiger partial charge in [-0.25, -0.2) is 11.1 Å². The smallest absolute Gasteiger partial charge is 0.107 e. The monoisotopic (exact) mass is 64.0 g/mol. The van der Waals surface area contributed by atoms with E-state index in [1.54, 1.807) is 0 Å². The number of nitrogens with one attached hydrogen (secondary N) is 1. The number of nitrogens with two attached hydrogens (primary N) is 1. The Labute approximate surface area is 23.0 Å². The summed E-state index contributed by atoms with van der Waals surface area (Å²) in [5, 5.41) is 7.14. The van der Waals surface area contributed by atoms with Gasteiger partial charge in [-0.2, -0.15) is 0 Å². The second-order valence-electron chi connectivity index (χ2n) is 0.209. The van der Waals surface area contributed by atoms with Gasteiger partial charge in [-0.15, -0.1) is 10.6 Å². The number of hydrazine groups is 1. The van der Waals surface area contributed by atoms with Crippen molar-refractivity contribution in [3.8, 4) is 0 Å². The van der Waals surface area contributed by atoms with Crippen molar-refractivity contribution in [3.05, 3.63) is 0 Å². The van der Waals surface area contributed by atoms with Crippen LogP contribution in [0.3, 0.4) is 0 Å². The Kier molecular flexibility index (Phi) is 2.73. The molecule has 0 fully saturated rings. The lowest BCUT2D eigenvalue weighted by molar-refractivity contribution is -0.292. The van der Waals surface area contributed by atoms with E-state index in [9.17, 15) is 0 Å². The maximum atomic E-state index is 7.14. The van der Waals surface area contributed by atoms with Gasteiger partial charge in [0, 0.05) is 0 Å². The summed E-state index contributed by atoms with van der Waals surface area (Å²) in [6, 6.07) is 0. The van der Waals surface area contributed by atoms with Gasteiger partial charge in [-0.1, -0.05) is 0 Å². The van der Waals surface area contributed by atoms with E-state index in [0.717, 1.165) is 0 Å². The van der Waals surface area contributed by atoms with Crippen molar-refractivity contribution in [3.63, 3.8) is 0 Å². The lowest BCUT2D eigenvalue weighted by Gasteiger charge is -1.77. The van der Waals surface area contributed by atoms with Crippen LogP contribution in [0.1, 0.15) is 0 Å². The van der Waals surface area contributed by atoms with Crippen LogP contribution in [0.15, 0.2) is 0 Å². The number of rotatable bonds is 1. The Morgan fingerprint density at radius 2 is 2.25 bits per heavy atom. The minimum absolute atomic E-state index is 1.49. The second-order valence-corrected chi connectivity index (χ2v) is 0.209. The SMILES string of the molecule is NNOO. The van der Waals surface area contributed by atoms with Crippen molar-refractivity contribution in [1.29, 1.82) is 0 Å². The van der Waals surface area contributed by atoms with E-state index >= 15 is 0 Å². The fourth-order valence-electron chi connectivity index (χ4n) is 0. The molecule has 0 amide bonds. The molecule has 4 nitrogen and oxygen atoms in total. The van der Waals surface area contributed by atoms with E-state index in [1.807, 2.05) is 0 Å². The molecule has 0 saturated carbocycles. The predicted octanol–water partition coefficient (Wildman–Crippen LogP) is -1.15. The molecule has 0 saturated heterocycles. The average Bonchev–Trinajstić information content (AvgIpc) is 1.37. The summed E-state index contributed by atoms with van der Waals surface area (Å²) in [5.41, 5.74) is 1.49. The molecule has 0 heterocycles. The van der Waals surface area contributed by atoms with Crippen molar-refractivity contribution in [2.45, 2.75) is 0 Å². The third-order valence-corrected chi connectivity index (χ3v) is 0.0527. The molecule has 0 aliphatic heterocycles. The Balaban J connectivity index is 1.97. The molecule has 26 valence electrons. The van der Waals surface area contributed by atoms with Crippen molar-refractivity contribution in [2.75, 3.05) is 0 Å². The Morgan fingerprint density at radius 1 is 2.00 bits per heavy atom. The van der Waals surface area contributed by atoms with Gasteiger partial charge in [0.25, 0.3) is 0 Å². The summed E-state index contributed by atoms with van der Waals surface area (Å²) in [6.45, 7) is 0. The highest BCUT2D eigenvalue weighted by atomic mass is 17.2. The van der Waals surface area contributed by atoms with E-state index in [1.165, 1.54) is 5.59 Å². The van der Waals surface area contributed by atoms with Crippen LogP contribution >= 0.6 is 0 Å². The third-order valence-electron chi connectivity index (χ3n) is 0.0527. The zero-order valence-corrected chi connectivity index (χ0v) is 1.93. The normalized spacial score (nSPS) is 7.50. The van der Waals surface area contributed by atoms with Crippen LogP contribution in [0, 0.1) is 0 Å². The molecule has 0 rings (SSSR count). The fourth-order valence-corrected chi connectivity index (χ4v) is 0. The van der Waals surface area contributed by atoms with E-state index in [2.05, 4.69) is 10.8 Å². The molecule has 4 N–H and O–H groups in total. The molecule has 0 aromatic rings. The van der Waals surface area contributed by atoms with Crippen molar-refractivity contribution < 1.29 is 10.2 Å². The molecule has 4 heteroatoms. The van der Waals surface area contributed by atoms with Gasteiger partial charge < -0.3 is 0 Å². The van der Waals surface area contributed by atoms with Gasteiger partial charge in [-0.05, 0) is 0 Å². The lowest BCUT2D eigenvalue weighted by atomic mass is 12.8. The predicted molar refractivity (Wildman–Crippen MR) is 11.0 cm³/mol. The molecule has 0 bridgehead atoms. The highest BCUT2D eigenvalue weighted by Gasteiger charge is 1.47. The maximum absolute atomic E-state index is 7.14. The first kappa shape index (κ1) is 3.84. The zero-order valence-electron chi connectivity index (χ0n) is 1.93. The van der Waals surface area contributed by atoms with E-state index < -0.39 is 0 Å². The molecule has 0 atom stereocenters. The zero-order chi connectivity index (χ0) is 3.41. The summed E-state index contributed by atoms with van der Waals surface area (Å²) >= 11 is 0. The van der Waals surface area contributed by atoms with Gasteiger partial charge in [0.1, 0.15) is 0 Å². The number of hydrogen-bond donors (Lipinski definition) is 3. The van der Waals surface area contributed by atoms with Crippen LogP contribution in [0.2, 0.25) is 0 Å². The minimum atomic E-state index is 1.49. The molecular formula is H4N2O2. The molecular weight excluding hydrogens is 60.0 g/mol. The van der Waals surface area contributed by atoms with E-state index in [-0.39, 0.29) is 0 Å². The Morgan fingerprint density at radius 3 is 2.25 bits per heavy atom. The van der Waals surface area contributed by atoms with Crippen molar-refractivity contribution in [2.24, 2.45) is 5.84 Å². The first-order valence-corrected chi connectivity index (χ1v) is 0.675. The van der Waals surface area contributed by atoms with Crippen LogP contribution in [-0.2, 0) is 4.99 Å². The molecule has 0 radical (unpaired) electrons. The van der Waals surface area contributed by atoms with Crippen molar-refractivity contribution >= 4 is 0 Å². The van der Waals surface area contributed by atoms with Gasteiger partial charge in [0.15, 0.2) is 0 Å². The highest BCUT2D eigenvalue weighted by molar-refractivity contribution is 3.49. The summed E-state index contributed by atoms with van der Waals surface area (Å²) in [4.78, 5) is 3.07. The molecule has 0 aromatic carbocycles. The van der Waals surface area contributed by atoms with Crippen LogP contribution in [0.4, 0.5) is 0 Å². The largest absolute Gasteiger partial charge is 0.245 e. The minimum Gasteiger partial charge on any atom is -0.245 e. The van der Waals surface area contributed by atoms with Gasteiger partial charge >= 0.3 is 0 Å². The average molecular weight is 64.0 g/mol. The van der Waals surface area contributed by atoms with Gasteiger partial charge in [0.2, 0.25) is 0 Å². The quantitative estimate of drug-likeness (QED) is 0.205. The molecule has 0 unspecified atom stereocenters. The standard InChI is InChI=1S/H4N2O2/c1-2-4-3/h2-3H,1H2. The Hall–Kier alpha value is -0.160. The fraction of sp³-hybridized carbons (Fsp3) is 0. The van der Waals surface area contributed by atoms with Crippen LogP contribution in [0.5, 0.6) is 0 Å². The van der Waals surface area contributed by atoms with E-state index in [0.29, 0.717) is 0 Å². The summed E-state index contributed by atoms with van der Waals surface area (Å²) in [5.74, 6) is 4.31. The molecule has 4 heavy (non-hydrogen) atoms. The maximum Gasteiger partial charge on any atom is -0.107 e. The molecule has 0 aromatic heterocycles. The first-order valence-electron chi connectivity index (χ1n) is 0.675. The molecule has 0 aliphatic carbocycles.